The highest BCUT2D eigenvalue weighted by molar-refractivity contribution is 5.86. The van der Waals surface area contributed by atoms with E-state index >= 15 is 0 Å². The number of rotatable bonds is 5. The van der Waals surface area contributed by atoms with E-state index in [9.17, 15) is 14.7 Å². The average Bonchev–Trinajstić information content (AvgIpc) is 2.99. The molecular formula is C19H21NO3. The van der Waals surface area contributed by atoms with Crippen LogP contribution in [-0.2, 0) is 16.1 Å². The van der Waals surface area contributed by atoms with Crippen LogP contribution in [0.1, 0.15) is 31.7 Å². The van der Waals surface area contributed by atoms with Crippen molar-refractivity contribution < 1.29 is 14.7 Å². The molecule has 1 fully saturated rings. The number of ketones is 1. The zero-order chi connectivity index (χ0) is 16.4. The summed E-state index contributed by atoms with van der Waals surface area (Å²) in [6.45, 7) is 2.03. The van der Waals surface area contributed by atoms with Crippen LogP contribution in [0.25, 0.3) is 10.8 Å². The van der Waals surface area contributed by atoms with E-state index < -0.39 is 11.5 Å². The Morgan fingerprint density at radius 1 is 1.22 bits per heavy atom. The molecule has 0 aromatic heterocycles. The zero-order valence-corrected chi connectivity index (χ0v) is 13.2. The molecule has 0 amide bonds. The van der Waals surface area contributed by atoms with Crippen molar-refractivity contribution in [3.8, 4) is 0 Å². The first kappa shape index (κ1) is 15.7. The molecule has 3 rings (SSSR count). The predicted molar refractivity (Wildman–Crippen MR) is 89.2 cm³/mol. The molecule has 1 aliphatic rings. The van der Waals surface area contributed by atoms with Crippen molar-refractivity contribution in [1.82, 2.24) is 5.32 Å². The van der Waals surface area contributed by atoms with Gasteiger partial charge in [0.25, 0.3) is 0 Å². The Morgan fingerprint density at radius 3 is 2.65 bits per heavy atom. The van der Waals surface area contributed by atoms with Gasteiger partial charge in [-0.3, -0.25) is 14.9 Å². The largest absolute Gasteiger partial charge is 0.480 e. The Kier molecular flexibility index (Phi) is 4.18. The van der Waals surface area contributed by atoms with E-state index in [1.165, 1.54) is 0 Å². The molecular weight excluding hydrogens is 290 g/mol. The molecule has 0 saturated heterocycles. The maximum absolute atomic E-state index is 11.8. The van der Waals surface area contributed by atoms with Crippen LogP contribution in [0, 0.1) is 5.92 Å². The van der Waals surface area contributed by atoms with Crippen molar-refractivity contribution in [2.24, 2.45) is 5.92 Å². The fourth-order valence-corrected chi connectivity index (χ4v) is 3.53. The Hall–Kier alpha value is -2.20. The minimum Gasteiger partial charge on any atom is -0.480 e. The summed E-state index contributed by atoms with van der Waals surface area (Å²) >= 11 is 0. The molecule has 4 nitrogen and oxygen atoms in total. The van der Waals surface area contributed by atoms with Crippen LogP contribution in [0.3, 0.4) is 0 Å². The van der Waals surface area contributed by atoms with Crippen molar-refractivity contribution in [3.63, 3.8) is 0 Å². The van der Waals surface area contributed by atoms with Crippen molar-refractivity contribution in [1.29, 1.82) is 0 Å². The maximum atomic E-state index is 11.8. The molecule has 0 bridgehead atoms. The van der Waals surface area contributed by atoms with Gasteiger partial charge in [0.2, 0.25) is 0 Å². The van der Waals surface area contributed by atoms with Gasteiger partial charge in [0, 0.05) is 12.5 Å². The van der Waals surface area contributed by atoms with Crippen molar-refractivity contribution in [2.75, 3.05) is 0 Å². The van der Waals surface area contributed by atoms with E-state index in [-0.39, 0.29) is 11.7 Å². The SMILES string of the molecule is CC(=O)C1CCC(NCc2cccc3ccccc23)(C(=O)O)C1. The van der Waals surface area contributed by atoms with Gasteiger partial charge in [0.1, 0.15) is 11.3 Å². The number of hydrogen-bond acceptors (Lipinski definition) is 3. The van der Waals surface area contributed by atoms with Gasteiger partial charge in [-0.05, 0) is 42.5 Å². The monoisotopic (exact) mass is 311 g/mol. The van der Waals surface area contributed by atoms with Gasteiger partial charge in [-0.25, -0.2) is 0 Å². The highest BCUT2D eigenvalue weighted by atomic mass is 16.4. The number of carbonyl (C=O) groups excluding carboxylic acids is 1. The highest BCUT2D eigenvalue weighted by Gasteiger charge is 2.46. The lowest BCUT2D eigenvalue weighted by Gasteiger charge is -2.26. The summed E-state index contributed by atoms with van der Waals surface area (Å²) in [5.74, 6) is -0.923. The molecule has 1 saturated carbocycles. The number of carbonyl (C=O) groups is 2. The number of aliphatic carboxylic acids is 1. The number of benzene rings is 2. The maximum Gasteiger partial charge on any atom is 0.323 e. The van der Waals surface area contributed by atoms with Crippen molar-refractivity contribution in [2.45, 2.75) is 38.3 Å². The molecule has 0 spiro atoms. The number of fused-ring (bicyclic) bond motifs is 1. The number of carboxylic acids is 1. The Labute approximate surface area is 135 Å². The van der Waals surface area contributed by atoms with Gasteiger partial charge in [-0.1, -0.05) is 42.5 Å². The summed E-state index contributed by atoms with van der Waals surface area (Å²) < 4.78 is 0. The molecule has 120 valence electrons. The third-order valence-electron chi connectivity index (χ3n) is 5.00. The normalized spacial score (nSPS) is 24.0. The van der Waals surface area contributed by atoms with E-state index in [0.29, 0.717) is 25.8 Å². The summed E-state index contributed by atoms with van der Waals surface area (Å²) in [5, 5.41) is 15.2. The smallest absolute Gasteiger partial charge is 0.323 e. The minimum absolute atomic E-state index is 0.0834. The third kappa shape index (κ3) is 2.99. The first-order chi connectivity index (χ1) is 11.0. The van der Waals surface area contributed by atoms with Gasteiger partial charge < -0.3 is 5.11 Å². The van der Waals surface area contributed by atoms with Gasteiger partial charge in [-0.15, -0.1) is 0 Å². The van der Waals surface area contributed by atoms with E-state index in [1.807, 2.05) is 42.5 Å². The lowest BCUT2D eigenvalue weighted by Crippen LogP contribution is -2.50. The first-order valence-corrected chi connectivity index (χ1v) is 7.97. The van der Waals surface area contributed by atoms with E-state index in [1.54, 1.807) is 6.92 Å². The van der Waals surface area contributed by atoms with Crippen LogP contribution in [0.15, 0.2) is 42.5 Å². The predicted octanol–water partition coefficient (Wildman–Crippen LogP) is 3.14. The van der Waals surface area contributed by atoms with E-state index in [4.69, 9.17) is 0 Å². The second-order valence-electron chi connectivity index (χ2n) is 6.43. The van der Waals surface area contributed by atoms with Crippen LogP contribution < -0.4 is 5.32 Å². The van der Waals surface area contributed by atoms with Gasteiger partial charge >= 0.3 is 5.97 Å². The molecule has 4 heteroatoms. The quantitative estimate of drug-likeness (QED) is 0.890. The molecule has 0 heterocycles. The molecule has 2 unspecified atom stereocenters. The molecule has 2 N–H and O–H groups in total. The Balaban J connectivity index is 1.82. The van der Waals surface area contributed by atoms with Crippen molar-refractivity contribution >= 4 is 22.5 Å². The summed E-state index contributed by atoms with van der Waals surface area (Å²) in [4.78, 5) is 23.4. The second-order valence-corrected chi connectivity index (χ2v) is 6.43. The fraction of sp³-hybridized carbons (Fsp3) is 0.368. The summed E-state index contributed by atoms with van der Waals surface area (Å²) in [5.41, 5.74) is 0.0859. The number of nitrogens with one attached hydrogen (secondary N) is 1. The average molecular weight is 311 g/mol. The number of carboxylic acid groups (broad SMARTS) is 1. The van der Waals surface area contributed by atoms with Gasteiger partial charge in [0.05, 0.1) is 0 Å². The van der Waals surface area contributed by atoms with E-state index in [0.717, 1.165) is 16.3 Å². The minimum atomic E-state index is -0.993. The zero-order valence-electron chi connectivity index (χ0n) is 13.2. The lowest BCUT2D eigenvalue weighted by molar-refractivity contribution is -0.144. The summed E-state index contributed by atoms with van der Waals surface area (Å²) in [6, 6.07) is 14.1. The fourth-order valence-electron chi connectivity index (χ4n) is 3.53. The molecule has 2 aromatic carbocycles. The highest BCUT2D eigenvalue weighted by Crippen LogP contribution is 2.36. The van der Waals surface area contributed by atoms with Gasteiger partial charge in [-0.2, -0.15) is 0 Å². The van der Waals surface area contributed by atoms with Crippen LogP contribution in [0.5, 0.6) is 0 Å². The Morgan fingerprint density at radius 2 is 1.96 bits per heavy atom. The standard InChI is InChI=1S/C19H21NO3/c1-13(21)15-9-10-19(11-15,18(22)23)20-12-16-7-4-6-14-5-2-3-8-17(14)16/h2-8,15,20H,9-12H2,1H3,(H,22,23). The third-order valence-corrected chi connectivity index (χ3v) is 5.00. The van der Waals surface area contributed by atoms with E-state index in [2.05, 4.69) is 5.32 Å². The van der Waals surface area contributed by atoms with Crippen molar-refractivity contribution in [3.05, 3.63) is 48.0 Å². The lowest BCUT2D eigenvalue weighted by atomic mass is 9.94. The van der Waals surface area contributed by atoms with Gasteiger partial charge in [0.15, 0.2) is 0 Å². The molecule has 0 aliphatic heterocycles. The topological polar surface area (TPSA) is 66.4 Å². The van der Waals surface area contributed by atoms with Crippen LogP contribution >= 0.6 is 0 Å². The van der Waals surface area contributed by atoms with Crippen LogP contribution in [-0.4, -0.2) is 22.4 Å². The summed E-state index contributed by atoms with van der Waals surface area (Å²) in [7, 11) is 0. The molecule has 2 atom stereocenters. The number of Topliss-reactive ketones (excluding diaryl/α,β-unsaturated/α-hetero) is 1. The molecule has 0 radical (unpaired) electrons. The van der Waals surface area contributed by atoms with Crippen LogP contribution in [0.2, 0.25) is 0 Å². The van der Waals surface area contributed by atoms with Crippen LogP contribution in [0.4, 0.5) is 0 Å². The second kappa shape index (κ2) is 6.13. The molecule has 2 aromatic rings. The first-order valence-electron chi connectivity index (χ1n) is 7.97. The Bertz CT molecular complexity index is 750. The molecule has 23 heavy (non-hydrogen) atoms. The molecule has 1 aliphatic carbocycles. The summed E-state index contributed by atoms with van der Waals surface area (Å²) in [6.07, 6.45) is 1.52. The number of hydrogen-bond donors (Lipinski definition) is 2.